The second kappa shape index (κ2) is 14.3. The molecule has 1 aromatic heterocycles. The molecular weight excluding hydrogens is 836 g/mol. The summed E-state index contributed by atoms with van der Waals surface area (Å²) in [5.41, 5.74) is 3.45. The van der Waals surface area contributed by atoms with Crippen molar-refractivity contribution in [2.75, 3.05) is 20.2 Å². The summed E-state index contributed by atoms with van der Waals surface area (Å²) < 4.78 is 16.4. The van der Waals surface area contributed by atoms with Crippen molar-refractivity contribution in [2.45, 2.75) is 33.4 Å². The second-order valence-electron chi connectivity index (χ2n) is 11.0. The molecule has 240 valence electrons. The van der Waals surface area contributed by atoms with Crippen LogP contribution in [0.5, 0.6) is 11.5 Å². The minimum atomic E-state index is -0.743. The van der Waals surface area contributed by atoms with Crippen LogP contribution in [0.25, 0.3) is 16.8 Å². The zero-order chi connectivity index (χ0) is 33.2. The Morgan fingerprint density at radius 1 is 1.02 bits per heavy atom. The van der Waals surface area contributed by atoms with Gasteiger partial charge < -0.3 is 14.4 Å². The molecule has 4 aromatic carbocycles. The predicted octanol–water partition coefficient (Wildman–Crippen LogP) is 7.05. The van der Waals surface area contributed by atoms with Crippen LogP contribution in [-0.4, -0.2) is 35.6 Å². The third-order valence-electron chi connectivity index (χ3n) is 8.28. The lowest BCUT2D eigenvalue weighted by molar-refractivity contribution is -0.127. The summed E-state index contributed by atoms with van der Waals surface area (Å²) in [6, 6.07) is 25.2. The first kappa shape index (κ1) is 33.4. The summed E-state index contributed by atoms with van der Waals surface area (Å²) in [4.78, 5) is 36.1. The molecule has 0 saturated heterocycles. The molecular formula is C37H33I2N3O4S. The molecule has 0 saturated carbocycles. The van der Waals surface area contributed by atoms with Crippen molar-refractivity contribution in [2.24, 2.45) is 4.99 Å². The van der Waals surface area contributed by atoms with Gasteiger partial charge in [0.15, 0.2) is 4.80 Å². The number of methoxy groups -OCH3 is 1. The molecule has 1 aliphatic heterocycles. The number of amides is 1. The second-order valence-corrected chi connectivity index (χ2v) is 14.5. The number of benzene rings is 4. The number of carbonyl (C=O) groups excluding carboxylic acids is 1. The van der Waals surface area contributed by atoms with E-state index < -0.39 is 6.04 Å². The minimum absolute atomic E-state index is 0.144. The number of hydrogen-bond donors (Lipinski definition) is 0. The largest absolute Gasteiger partial charge is 0.496 e. The van der Waals surface area contributed by atoms with Gasteiger partial charge in [-0.2, -0.15) is 0 Å². The fourth-order valence-electron chi connectivity index (χ4n) is 6.00. The van der Waals surface area contributed by atoms with E-state index in [1.807, 2.05) is 99.6 Å². The zero-order valence-electron chi connectivity index (χ0n) is 26.4. The van der Waals surface area contributed by atoms with Gasteiger partial charge in [-0.1, -0.05) is 72.0 Å². The molecule has 0 aliphatic carbocycles. The van der Waals surface area contributed by atoms with Crippen molar-refractivity contribution in [1.82, 2.24) is 9.47 Å². The number of thiazole rings is 1. The number of ether oxygens (including phenoxy) is 2. The lowest BCUT2D eigenvalue weighted by Crippen LogP contribution is -2.43. The first-order valence-electron chi connectivity index (χ1n) is 15.3. The Morgan fingerprint density at radius 3 is 2.47 bits per heavy atom. The van der Waals surface area contributed by atoms with Crippen molar-refractivity contribution >= 4 is 79.3 Å². The van der Waals surface area contributed by atoms with E-state index in [1.165, 1.54) is 11.3 Å². The smallest absolute Gasteiger partial charge is 0.271 e. The van der Waals surface area contributed by atoms with Crippen molar-refractivity contribution in [3.63, 3.8) is 0 Å². The van der Waals surface area contributed by atoms with Gasteiger partial charge in [-0.05, 0) is 107 Å². The highest BCUT2D eigenvalue weighted by molar-refractivity contribution is 14.1. The topological polar surface area (TPSA) is 73.1 Å². The van der Waals surface area contributed by atoms with Gasteiger partial charge in [0.1, 0.15) is 24.1 Å². The molecule has 0 fully saturated rings. The van der Waals surface area contributed by atoms with Crippen LogP contribution in [-0.2, 0) is 11.4 Å². The van der Waals surface area contributed by atoms with E-state index in [1.54, 1.807) is 16.6 Å². The van der Waals surface area contributed by atoms with Gasteiger partial charge in [-0.15, -0.1) is 0 Å². The molecule has 6 rings (SSSR count). The minimum Gasteiger partial charge on any atom is -0.496 e. The molecule has 1 atom stereocenters. The number of allylic oxidation sites excluding steroid dienone is 1. The Hall–Kier alpha value is -3.49. The van der Waals surface area contributed by atoms with Crippen LogP contribution >= 0.6 is 56.5 Å². The Labute approximate surface area is 304 Å². The summed E-state index contributed by atoms with van der Waals surface area (Å²) in [5.74, 6) is 1.17. The van der Waals surface area contributed by atoms with E-state index in [-0.39, 0.29) is 11.5 Å². The molecule has 1 amide bonds. The number of carbonyl (C=O) groups is 1. The first-order valence-corrected chi connectivity index (χ1v) is 18.3. The summed E-state index contributed by atoms with van der Waals surface area (Å²) in [5, 5.41) is 1.90. The highest BCUT2D eigenvalue weighted by atomic mass is 127. The quantitative estimate of drug-likeness (QED) is 0.149. The van der Waals surface area contributed by atoms with Crippen LogP contribution in [0.2, 0.25) is 0 Å². The molecule has 1 aliphatic rings. The van der Waals surface area contributed by atoms with E-state index in [4.69, 9.17) is 14.5 Å². The molecule has 0 spiro atoms. The van der Waals surface area contributed by atoms with Crippen molar-refractivity contribution in [3.8, 4) is 11.5 Å². The van der Waals surface area contributed by atoms with Crippen LogP contribution in [0.1, 0.15) is 43.5 Å². The van der Waals surface area contributed by atoms with Crippen LogP contribution in [0.4, 0.5) is 0 Å². The molecule has 2 heterocycles. The maximum Gasteiger partial charge on any atom is 0.271 e. The van der Waals surface area contributed by atoms with Crippen molar-refractivity contribution in [1.29, 1.82) is 0 Å². The molecule has 10 heteroatoms. The molecule has 0 radical (unpaired) electrons. The van der Waals surface area contributed by atoms with Gasteiger partial charge in [0, 0.05) is 27.8 Å². The highest BCUT2D eigenvalue weighted by Gasteiger charge is 2.36. The number of nitrogens with zero attached hydrogens (tertiary/aromatic N) is 3. The maximum absolute atomic E-state index is 14.6. The van der Waals surface area contributed by atoms with Gasteiger partial charge in [-0.25, -0.2) is 4.99 Å². The standard InChI is InChI=1S/C37H33I2N3O4S/c1-5-41(6-2)36(44)31-22(3)40-37-42(33(31)32-27-15-11-10-14-24(27)16-17-29(32)45-4)35(43)30(47-37)19-25-18-26(38)20-28(39)34(25)46-21-23-12-8-7-9-13-23/h7-20,33H,5-6,21H2,1-4H3/b30-19+/t33-/m1/s1. The fourth-order valence-corrected chi connectivity index (χ4v) is 9.08. The zero-order valence-corrected chi connectivity index (χ0v) is 31.6. The van der Waals surface area contributed by atoms with E-state index in [9.17, 15) is 9.59 Å². The molecule has 47 heavy (non-hydrogen) atoms. The number of likely N-dealkylation sites (N-methyl/N-ethyl adjacent to an activating group) is 1. The third-order valence-corrected chi connectivity index (χ3v) is 10.7. The van der Waals surface area contributed by atoms with Gasteiger partial charge in [0.05, 0.1) is 26.5 Å². The fraction of sp³-hybridized carbons (Fsp3) is 0.216. The van der Waals surface area contributed by atoms with Crippen LogP contribution < -0.4 is 24.4 Å². The number of hydrogen-bond acceptors (Lipinski definition) is 6. The molecule has 5 aromatic rings. The van der Waals surface area contributed by atoms with Crippen molar-refractivity contribution < 1.29 is 14.3 Å². The summed E-state index contributed by atoms with van der Waals surface area (Å²) in [6.45, 7) is 7.24. The maximum atomic E-state index is 14.6. The number of halogens is 2. The van der Waals surface area contributed by atoms with Gasteiger partial charge >= 0.3 is 0 Å². The molecule has 0 N–H and O–H groups in total. The molecule has 0 unspecified atom stereocenters. The number of rotatable bonds is 9. The number of aromatic nitrogens is 1. The SMILES string of the molecule is CCN(CC)C(=O)C1=C(C)N=c2s/c(=C/c3cc(I)cc(I)c3OCc3ccccc3)c(=O)n2[C@H]1c1c(OC)ccc2ccccc12. The molecule has 7 nitrogen and oxygen atoms in total. The van der Waals surface area contributed by atoms with Crippen LogP contribution in [0, 0.1) is 7.14 Å². The van der Waals surface area contributed by atoms with Crippen molar-refractivity contribution in [3.05, 3.63) is 134 Å². The first-order chi connectivity index (χ1) is 22.7. The number of fused-ring (bicyclic) bond motifs is 2. The average Bonchev–Trinajstić information content (AvgIpc) is 3.37. The summed E-state index contributed by atoms with van der Waals surface area (Å²) >= 11 is 5.88. The lowest BCUT2D eigenvalue weighted by Gasteiger charge is -2.30. The van der Waals surface area contributed by atoms with Gasteiger partial charge in [0.2, 0.25) is 0 Å². The molecule has 0 bridgehead atoms. The Kier molecular flexibility index (Phi) is 10.2. The lowest BCUT2D eigenvalue weighted by atomic mass is 9.90. The van der Waals surface area contributed by atoms with Gasteiger partial charge in [-0.3, -0.25) is 14.2 Å². The van der Waals surface area contributed by atoms with E-state index in [0.29, 0.717) is 51.8 Å². The summed E-state index contributed by atoms with van der Waals surface area (Å²) in [6.07, 6.45) is 1.89. The van der Waals surface area contributed by atoms with E-state index in [0.717, 1.165) is 34.6 Å². The Bertz CT molecular complexity index is 2200. The van der Waals surface area contributed by atoms with Crippen LogP contribution in [0.3, 0.4) is 0 Å². The van der Waals surface area contributed by atoms with E-state index >= 15 is 0 Å². The Balaban J connectivity index is 1.59. The Morgan fingerprint density at radius 2 is 1.74 bits per heavy atom. The highest BCUT2D eigenvalue weighted by Crippen LogP contribution is 2.40. The average molecular weight is 870 g/mol. The van der Waals surface area contributed by atoms with Gasteiger partial charge in [0.25, 0.3) is 11.5 Å². The monoisotopic (exact) mass is 869 g/mol. The normalized spacial score (nSPS) is 14.6. The van der Waals surface area contributed by atoms with E-state index in [2.05, 4.69) is 51.2 Å². The predicted molar refractivity (Wildman–Crippen MR) is 205 cm³/mol. The van der Waals surface area contributed by atoms with Crippen LogP contribution in [0.15, 0.2) is 99.9 Å². The summed E-state index contributed by atoms with van der Waals surface area (Å²) in [7, 11) is 1.62. The third kappa shape index (κ3) is 6.51.